The molecule has 2 heteroatoms. The van der Waals surface area contributed by atoms with Gasteiger partial charge in [0.1, 0.15) is 0 Å². The van der Waals surface area contributed by atoms with Crippen molar-refractivity contribution in [2.75, 3.05) is 13.1 Å². The van der Waals surface area contributed by atoms with E-state index in [4.69, 9.17) is 5.73 Å². The maximum atomic E-state index is 6.37. The molecule has 1 fully saturated rings. The van der Waals surface area contributed by atoms with Crippen LogP contribution in [0.1, 0.15) is 38.8 Å². The number of nitrogens with zero attached hydrogens (tertiary/aromatic N) is 1. The molecule has 2 nitrogen and oxygen atoms in total. The fraction of sp³-hybridized carbons (Fsp3) is 0.429. The zero-order valence-electron chi connectivity index (χ0n) is 14.7. The lowest BCUT2D eigenvalue weighted by atomic mass is 9.62. The van der Waals surface area contributed by atoms with Gasteiger partial charge in [0.25, 0.3) is 0 Å². The molecule has 1 heterocycles. The molecule has 1 aliphatic heterocycles. The smallest absolute Gasteiger partial charge is 0.0766 e. The fourth-order valence-corrected chi connectivity index (χ4v) is 4.29. The second kappa shape index (κ2) is 5.47. The highest BCUT2D eigenvalue weighted by Gasteiger charge is 2.55. The highest BCUT2D eigenvalue weighted by Crippen LogP contribution is 2.52. The first-order valence-corrected chi connectivity index (χ1v) is 8.42. The topological polar surface area (TPSA) is 29.3 Å². The Hall–Kier alpha value is -1.64. The van der Waals surface area contributed by atoms with Gasteiger partial charge in [0.2, 0.25) is 0 Å². The van der Waals surface area contributed by atoms with Crippen LogP contribution in [0.25, 0.3) is 0 Å². The molecule has 3 rings (SSSR count). The van der Waals surface area contributed by atoms with Gasteiger partial charge in [0.05, 0.1) is 5.54 Å². The van der Waals surface area contributed by atoms with Crippen molar-refractivity contribution >= 4 is 0 Å². The van der Waals surface area contributed by atoms with Crippen LogP contribution in [0.5, 0.6) is 0 Å². The molecule has 0 aromatic heterocycles. The van der Waals surface area contributed by atoms with E-state index in [9.17, 15) is 0 Å². The Bertz CT molecular complexity index is 606. The normalized spacial score (nSPS) is 18.5. The van der Waals surface area contributed by atoms with Gasteiger partial charge in [-0.15, -0.1) is 0 Å². The van der Waals surface area contributed by atoms with Crippen molar-refractivity contribution in [2.24, 2.45) is 11.1 Å². The number of hydrogen-bond acceptors (Lipinski definition) is 2. The minimum Gasteiger partial charge on any atom is -0.323 e. The quantitative estimate of drug-likeness (QED) is 0.928. The van der Waals surface area contributed by atoms with Crippen LogP contribution in [0.2, 0.25) is 0 Å². The van der Waals surface area contributed by atoms with Crippen molar-refractivity contribution in [3.63, 3.8) is 0 Å². The minimum atomic E-state index is -0.172. The lowest BCUT2D eigenvalue weighted by Crippen LogP contribution is -2.73. The Morgan fingerprint density at radius 3 is 1.52 bits per heavy atom. The van der Waals surface area contributed by atoms with E-state index in [0.29, 0.717) is 0 Å². The lowest BCUT2D eigenvalue weighted by Gasteiger charge is -2.61. The number of nitrogens with two attached hydrogens (primary N) is 1. The number of likely N-dealkylation sites (tertiary alicyclic amines) is 1. The molecule has 2 N–H and O–H groups in total. The molecular formula is C21H28N2. The Balaban J connectivity index is 2.23. The van der Waals surface area contributed by atoms with Crippen LogP contribution in [-0.2, 0) is 5.54 Å². The third-order valence-corrected chi connectivity index (χ3v) is 5.05. The predicted octanol–water partition coefficient (Wildman–Crippen LogP) is 4.01. The Kier molecular flexibility index (Phi) is 3.86. The fourth-order valence-electron chi connectivity index (χ4n) is 4.29. The molecule has 0 saturated carbocycles. The van der Waals surface area contributed by atoms with Crippen molar-refractivity contribution in [3.05, 3.63) is 71.8 Å². The molecule has 2 aromatic carbocycles. The van der Waals surface area contributed by atoms with Crippen LogP contribution in [0.4, 0.5) is 0 Å². The minimum absolute atomic E-state index is 0.0339. The van der Waals surface area contributed by atoms with Gasteiger partial charge in [-0.3, -0.25) is 4.90 Å². The number of hydrogen-bond donors (Lipinski definition) is 1. The monoisotopic (exact) mass is 308 g/mol. The first-order valence-electron chi connectivity index (χ1n) is 8.42. The van der Waals surface area contributed by atoms with Crippen LogP contribution in [-0.4, -0.2) is 23.5 Å². The number of benzene rings is 2. The summed E-state index contributed by atoms with van der Waals surface area (Å²) in [5.74, 6) is 0. The highest BCUT2D eigenvalue weighted by atomic mass is 15.3. The summed E-state index contributed by atoms with van der Waals surface area (Å²) in [4.78, 5) is 2.55. The van der Waals surface area contributed by atoms with Gasteiger partial charge in [-0.1, -0.05) is 81.4 Å². The first-order chi connectivity index (χ1) is 10.8. The Labute approximate surface area is 140 Å². The summed E-state index contributed by atoms with van der Waals surface area (Å²) in [7, 11) is 0. The zero-order chi connectivity index (χ0) is 16.7. The van der Waals surface area contributed by atoms with Gasteiger partial charge >= 0.3 is 0 Å². The molecule has 0 aliphatic carbocycles. The molecule has 1 saturated heterocycles. The molecule has 0 bridgehead atoms. The van der Waals surface area contributed by atoms with Crippen LogP contribution >= 0.6 is 0 Å². The Morgan fingerprint density at radius 2 is 1.22 bits per heavy atom. The van der Waals surface area contributed by atoms with Gasteiger partial charge < -0.3 is 5.73 Å². The van der Waals surface area contributed by atoms with E-state index in [0.717, 1.165) is 13.1 Å². The second-order valence-corrected chi connectivity index (χ2v) is 8.20. The first kappa shape index (κ1) is 16.2. The van der Waals surface area contributed by atoms with E-state index in [1.165, 1.54) is 11.1 Å². The van der Waals surface area contributed by atoms with E-state index in [1.54, 1.807) is 0 Å². The van der Waals surface area contributed by atoms with Crippen LogP contribution < -0.4 is 5.73 Å². The van der Waals surface area contributed by atoms with Crippen molar-refractivity contribution in [2.45, 2.75) is 38.8 Å². The van der Waals surface area contributed by atoms with Crippen molar-refractivity contribution < 1.29 is 0 Å². The molecule has 0 atom stereocenters. The average Bonchev–Trinajstić information content (AvgIpc) is 2.47. The molecular weight excluding hydrogens is 280 g/mol. The molecule has 0 amide bonds. The lowest BCUT2D eigenvalue weighted by molar-refractivity contribution is -0.0633. The molecule has 23 heavy (non-hydrogen) atoms. The summed E-state index contributed by atoms with van der Waals surface area (Å²) in [6.45, 7) is 11.0. The average molecular weight is 308 g/mol. The van der Waals surface area contributed by atoms with Gasteiger partial charge in [-0.2, -0.15) is 0 Å². The Morgan fingerprint density at radius 1 is 0.826 bits per heavy atom. The number of rotatable bonds is 3. The van der Waals surface area contributed by atoms with Crippen molar-refractivity contribution in [1.29, 1.82) is 0 Å². The molecule has 2 aromatic rings. The summed E-state index contributed by atoms with van der Waals surface area (Å²) in [6, 6.07) is 21.8. The maximum absolute atomic E-state index is 6.37. The van der Waals surface area contributed by atoms with Gasteiger partial charge in [0.15, 0.2) is 0 Å². The molecule has 0 unspecified atom stereocenters. The summed E-state index contributed by atoms with van der Waals surface area (Å²) in [5.41, 5.74) is 8.81. The summed E-state index contributed by atoms with van der Waals surface area (Å²) in [6.07, 6.45) is 0. The van der Waals surface area contributed by atoms with Crippen molar-refractivity contribution in [1.82, 2.24) is 4.90 Å². The van der Waals surface area contributed by atoms with Crippen molar-refractivity contribution in [3.8, 4) is 0 Å². The molecule has 0 radical (unpaired) electrons. The summed E-state index contributed by atoms with van der Waals surface area (Å²) in [5, 5.41) is 0. The van der Waals surface area contributed by atoms with E-state index in [-0.39, 0.29) is 16.5 Å². The standard InChI is InChI=1S/C21H28N2/c1-19(2,3)21(17-11-7-5-8-12-17,18-13-9-6-10-14-18)23-15-20(4,22)16-23/h5-14H,15-16,22H2,1-4H3. The third kappa shape index (κ3) is 2.60. The van der Waals surface area contributed by atoms with E-state index in [2.05, 4.69) is 93.3 Å². The molecule has 1 aliphatic rings. The zero-order valence-corrected chi connectivity index (χ0v) is 14.7. The van der Waals surface area contributed by atoms with E-state index >= 15 is 0 Å². The van der Waals surface area contributed by atoms with Crippen LogP contribution in [0, 0.1) is 5.41 Å². The summed E-state index contributed by atoms with van der Waals surface area (Å²) >= 11 is 0. The largest absolute Gasteiger partial charge is 0.323 e. The highest BCUT2D eigenvalue weighted by molar-refractivity contribution is 5.42. The van der Waals surface area contributed by atoms with Gasteiger partial charge in [0, 0.05) is 18.6 Å². The molecule has 0 spiro atoms. The van der Waals surface area contributed by atoms with E-state index < -0.39 is 0 Å². The summed E-state index contributed by atoms with van der Waals surface area (Å²) < 4.78 is 0. The van der Waals surface area contributed by atoms with Crippen LogP contribution in [0.15, 0.2) is 60.7 Å². The second-order valence-electron chi connectivity index (χ2n) is 8.20. The third-order valence-electron chi connectivity index (χ3n) is 5.05. The predicted molar refractivity (Wildman–Crippen MR) is 97.3 cm³/mol. The van der Waals surface area contributed by atoms with Crippen LogP contribution in [0.3, 0.4) is 0 Å². The van der Waals surface area contributed by atoms with Gasteiger partial charge in [-0.25, -0.2) is 0 Å². The maximum Gasteiger partial charge on any atom is 0.0766 e. The molecule has 122 valence electrons. The SMILES string of the molecule is CC1(N)CN(C(c2ccccc2)(c2ccccc2)C(C)(C)C)C1. The van der Waals surface area contributed by atoms with Gasteiger partial charge in [-0.05, 0) is 23.5 Å². The van der Waals surface area contributed by atoms with E-state index in [1.807, 2.05) is 0 Å².